The first kappa shape index (κ1) is 20.5. The second-order valence-corrected chi connectivity index (χ2v) is 8.71. The van der Waals surface area contributed by atoms with E-state index in [9.17, 15) is 0 Å². The lowest BCUT2D eigenvalue weighted by molar-refractivity contribution is 0.251. The van der Waals surface area contributed by atoms with E-state index in [1.165, 1.54) is 21.5 Å². The van der Waals surface area contributed by atoms with Crippen molar-refractivity contribution in [1.82, 2.24) is 19.4 Å². The molecule has 1 aliphatic rings. The Bertz CT molecular complexity index is 1260. The fraction of sp³-hybridized carbons (Fsp3) is 0.240. The highest BCUT2D eigenvalue weighted by atomic mass is 32.1. The molecule has 32 heavy (non-hydrogen) atoms. The Morgan fingerprint density at radius 3 is 3.00 bits per heavy atom. The summed E-state index contributed by atoms with van der Waals surface area (Å²) in [6, 6.07) is 14.9. The van der Waals surface area contributed by atoms with Crippen LogP contribution in [0.25, 0.3) is 15.9 Å². The minimum absolute atomic E-state index is 0.0352. The zero-order valence-electron chi connectivity index (χ0n) is 18.1. The zero-order valence-corrected chi connectivity index (χ0v) is 18.9. The highest BCUT2D eigenvalue weighted by molar-refractivity contribution is 7.16. The fourth-order valence-electron chi connectivity index (χ4n) is 4.10. The second-order valence-electron chi connectivity index (χ2n) is 7.82. The first-order valence-electron chi connectivity index (χ1n) is 10.7. The number of benzene rings is 2. The first-order valence-corrected chi connectivity index (χ1v) is 11.6. The third-order valence-corrected chi connectivity index (χ3v) is 6.57. The number of thiazole rings is 1. The maximum Gasteiger partial charge on any atom is 0.119 e. The van der Waals surface area contributed by atoms with Crippen LogP contribution >= 0.6 is 11.3 Å². The number of imidazole rings is 1. The molecule has 4 aromatic rings. The predicted octanol–water partition coefficient (Wildman–Crippen LogP) is 5.41. The van der Waals surface area contributed by atoms with Crippen molar-refractivity contribution >= 4 is 33.5 Å². The molecule has 0 spiro atoms. The van der Waals surface area contributed by atoms with E-state index in [1.807, 2.05) is 28.6 Å². The van der Waals surface area contributed by atoms with Gasteiger partial charge in [-0.1, -0.05) is 18.2 Å². The maximum absolute atomic E-state index is 6.02. The van der Waals surface area contributed by atoms with Gasteiger partial charge in [-0.3, -0.25) is 4.99 Å². The van der Waals surface area contributed by atoms with Crippen LogP contribution in [0.1, 0.15) is 31.0 Å². The van der Waals surface area contributed by atoms with Crippen molar-refractivity contribution in [2.75, 3.05) is 6.61 Å². The minimum Gasteiger partial charge on any atom is -0.492 e. The Hall–Kier alpha value is -3.45. The van der Waals surface area contributed by atoms with Crippen molar-refractivity contribution in [2.45, 2.75) is 32.6 Å². The number of rotatable bonds is 7. The summed E-state index contributed by atoms with van der Waals surface area (Å²) < 4.78 is 9.22. The smallest absolute Gasteiger partial charge is 0.119 e. The van der Waals surface area contributed by atoms with Crippen LogP contribution in [0.3, 0.4) is 0 Å². The van der Waals surface area contributed by atoms with Crippen LogP contribution in [0.2, 0.25) is 0 Å². The van der Waals surface area contributed by atoms with E-state index in [0.717, 1.165) is 17.8 Å². The molecule has 0 bridgehead atoms. The Kier molecular flexibility index (Phi) is 5.73. The van der Waals surface area contributed by atoms with Crippen molar-refractivity contribution in [1.29, 1.82) is 0 Å². The molecule has 162 valence electrons. The van der Waals surface area contributed by atoms with Gasteiger partial charge in [0.25, 0.3) is 0 Å². The molecule has 6 nitrogen and oxygen atoms in total. The molecule has 2 aromatic carbocycles. The van der Waals surface area contributed by atoms with Gasteiger partial charge in [0.05, 0.1) is 34.6 Å². The topological polar surface area (TPSA) is 55.5 Å². The van der Waals surface area contributed by atoms with Crippen molar-refractivity contribution < 1.29 is 4.74 Å². The van der Waals surface area contributed by atoms with Crippen LogP contribution in [0, 0.1) is 0 Å². The lowest BCUT2D eigenvalue weighted by Crippen LogP contribution is -2.34. The Morgan fingerprint density at radius 1 is 1.19 bits per heavy atom. The minimum atomic E-state index is 0.0352. The second kappa shape index (κ2) is 8.96. The molecule has 5 rings (SSSR count). The molecule has 0 amide bonds. The standard InChI is InChI=1S/C25H25N5OS/c1-18(20-4-3-5-22(14-20)31-13-12-29-11-10-26-16-29)30-19(2)27-9-8-24(30)21-6-7-23-25(15-21)32-17-28-23/h3-11,14-19H,12-13H2,1-2H3. The lowest BCUT2D eigenvalue weighted by Gasteiger charge is -2.38. The zero-order chi connectivity index (χ0) is 21.9. The monoisotopic (exact) mass is 443 g/mol. The van der Waals surface area contributed by atoms with Gasteiger partial charge in [0.1, 0.15) is 18.5 Å². The molecule has 2 aromatic heterocycles. The molecule has 0 aliphatic carbocycles. The van der Waals surface area contributed by atoms with E-state index in [4.69, 9.17) is 4.74 Å². The molecule has 1 aliphatic heterocycles. The van der Waals surface area contributed by atoms with Crippen LogP contribution in [0.15, 0.2) is 77.8 Å². The van der Waals surface area contributed by atoms with E-state index < -0.39 is 0 Å². The number of hydrogen-bond acceptors (Lipinski definition) is 6. The maximum atomic E-state index is 6.02. The summed E-state index contributed by atoms with van der Waals surface area (Å²) in [6.07, 6.45) is 9.57. The first-order chi connectivity index (χ1) is 15.7. The number of hydrogen-bond donors (Lipinski definition) is 0. The molecule has 3 heterocycles. The summed E-state index contributed by atoms with van der Waals surface area (Å²) in [5, 5.41) is 0. The van der Waals surface area contributed by atoms with Crippen LogP contribution in [-0.4, -0.2) is 38.4 Å². The van der Waals surface area contributed by atoms with Gasteiger partial charge in [-0.25, -0.2) is 9.97 Å². The van der Waals surface area contributed by atoms with E-state index in [-0.39, 0.29) is 12.2 Å². The molecule has 2 unspecified atom stereocenters. The highest BCUT2D eigenvalue weighted by Gasteiger charge is 2.26. The number of ether oxygens (including phenoxy) is 1. The van der Waals surface area contributed by atoms with Crippen molar-refractivity contribution in [3.8, 4) is 5.75 Å². The number of aliphatic imine (C=N–C) groups is 1. The van der Waals surface area contributed by atoms with Gasteiger partial charge in [0.2, 0.25) is 0 Å². The van der Waals surface area contributed by atoms with Gasteiger partial charge in [0.15, 0.2) is 0 Å². The molecule has 2 atom stereocenters. The summed E-state index contributed by atoms with van der Waals surface area (Å²) in [5.74, 6) is 0.874. The van der Waals surface area contributed by atoms with E-state index >= 15 is 0 Å². The number of aromatic nitrogens is 3. The Balaban J connectivity index is 1.37. The predicted molar refractivity (Wildman–Crippen MR) is 130 cm³/mol. The van der Waals surface area contributed by atoms with Crippen LogP contribution in [0.5, 0.6) is 5.75 Å². The number of fused-ring (bicyclic) bond motifs is 1. The molecule has 0 radical (unpaired) electrons. The Labute approximate surface area is 191 Å². The highest BCUT2D eigenvalue weighted by Crippen LogP contribution is 2.36. The van der Waals surface area contributed by atoms with Crippen LogP contribution in [-0.2, 0) is 6.54 Å². The largest absolute Gasteiger partial charge is 0.492 e. The van der Waals surface area contributed by atoms with Gasteiger partial charge in [-0.2, -0.15) is 0 Å². The van der Waals surface area contributed by atoms with Gasteiger partial charge < -0.3 is 14.2 Å². The number of nitrogens with zero attached hydrogens (tertiary/aromatic N) is 5. The molecule has 0 saturated carbocycles. The summed E-state index contributed by atoms with van der Waals surface area (Å²) in [6.45, 7) is 5.72. The average Bonchev–Trinajstić information content (AvgIpc) is 3.50. The van der Waals surface area contributed by atoms with Crippen LogP contribution in [0.4, 0.5) is 0 Å². The molecule has 0 N–H and O–H groups in total. The third-order valence-electron chi connectivity index (χ3n) is 5.78. The van der Waals surface area contributed by atoms with Crippen molar-refractivity contribution in [3.63, 3.8) is 0 Å². The molecular formula is C25H25N5OS. The van der Waals surface area contributed by atoms with Crippen LogP contribution < -0.4 is 4.74 Å². The van der Waals surface area contributed by atoms with Gasteiger partial charge in [0, 0.05) is 24.3 Å². The quantitative estimate of drug-likeness (QED) is 0.383. The van der Waals surface area contributed by atoms with E-state index in [1.54, 1.807) is 23.9 Å². The van der Waals surface area contributed by atoms with Gasteiger partial charge >= 0.3 is 0 Å². The summed E-state index contributed by atoms with van der Waals surface area (Å²) in [4.78, 5) is 15.5. The van der Waals surface area contributed by atoms with E-state index in [0.29, 0.717) is 6.61 Å². The Morgan fingerprint density at radius 2 is 2.12 bits per heavy atom. The van der Waals surface area contributed by atoms with E-state index in [2.05, 4.69) is 76.2 Å². The summed E-state index contributed by atoms with van der Waals surface area (Å²) in [5.41, 5.74) is 6.48. The summed E-state index contributed by atoms with van der Waals surface area (Å²) in [7, 11) is 0. The van der Waals surface area contributed by atoms with Gasteiger partial charge in [-0.15, -0.1) is 11.3 Å². The number of allylic oxidation sites excluding steroid dienone is 1. The normalized spacial score (nSPS) is 16.9. The summed E-state index contributed by atoms with van der Waals surface area (Å²) >= 11 is 1.67. The van der Waals surface area contributed by atoms with Crippen molar-refractivity contribution in [3.05, 3.63) is 83.9 Å². The molecule has 0 saturated heterocycles. The fourth-order valence-corrected chi connectivity index (χ4v) is 4.82. The third kappa shape index (κ3) is 4.16. The van der Waals surface area contributed by atoms with Crippen molar-refractivity contribution in [2.24, 2.45) is 4.99 Å². The van der Waals surface area contributed by atoms with Gasteiger partial charge in [-0.05, 0) is 55.3 Å². The lowest BCUT2D eigenvalue weighted by atomic mass is 10.0. The molecule has 7 heteroatoms. The SMILES string of the molecule is CC1N=CC=C(c2ccc3ncsc3c2)N1C(C)c1cccc(OCCn2ccnc2)c1. The molecule has 0 fully saturated rings. The molecular weight excluding hydrogens is 418 g/mol. The average molecular weight is 444 g/mol.